The lowest BCUT2D eigenvalue weighted by Crippen LogP contribution is -2.38. The average molecular weight is 607 g/mol. The number of hydrogen-bond acceptors (Lipinski definition) is 3. The Morgan fingerprint density at radius 3 is 2.27 bits per heavy atom. The van der Waals surface area contributed by atoms with Crippen LogP contribution in [-0.2, 0) is 13.0 Å². The quantitative estimate of drug-likeness (QED) is 0.186. The van der Waals surface area contributed by atoms with E-state index in [0.717, 1.165) is 64.9 Å². The topological polar surface area (TPSA) is 51.0 Å². The van der Waals surface area contributed by atoms with Gasteiger partial charge in [0.2, 0.25) is 0 Å². The Morgan fingerprint density at radius 2 is 1.60 bits per heavy atom. The van der Waals surface area contributed by atoms with Gasteiger partial charge in [0.1, 0.15) is 17.5 Å². The van der Waals surface area contributed by atoms with Crippen LogP contribution in [0.15, 0.2) is 91.1 Å². The van der Waals surface area contributed by atoms with Crippen molar-refractivity contribution < 1.29 is 13.6 Å². The van der Waals surface area contributed by atoms with E-state index in [0.29, 0.717) is 25.2 Å². The molecule has 0 saturated carbocycles. The molecule has 0 bridgehead atoms. The number of aromatic nitrogens is 3. The highest BCUT2D eigenvalue weighted by molar-refractivity contribution is 5.98. The summed E-state index contributed by atoms with van der Waals surface area (Å²) in [7, 11) is 0. The van der Waals surface area contributed by atoms with Gasteiger partial charge < -0.3 is 9.47 Å². The molecule has 1 aliphatic rings. The largest absolute Gasteiger partial charge is 0.339 e. The lowest BCUT2D eigenvalue weighted by atomic mass is 9.94. The van der Waals surface area contributed by atoms with Crippen LogP contribution >= 0.6 is 0 Å². The normalized spacial score (nSPS) is 13.7. The van der Waals surface area contributed by atoms with Crippen LogP contribution in [0.1, 0.15) is 77.6 Å². The molecule has 0 N–H and O–H groups in total. The van der Waals surface area contributed by atoms with Gasteiger partial charge in [-0.15, -0.1) is 0 Å². The van der Waals surface area contributed by atoms with E-state index in [9.17, 15) is 13.6 Å². The number of piperidine rings is 1. The molecule has 5 aromatic rings. The number of para-hydroxylation sites is 2. The molecule has 1 amide bonds. The summed E-state index contributed by atoms with van der Waals surface area (Å²) in [4.78, 5) is 24.8. The predicted octanol–water partition coefficient (Wildman–Crippen LogP) is 8.76. The van der Waals surface area contributed by atoms with E-state index in [1.165, 1.54) is 12.1 Å². The first-order valence-corrected chi connectivity index (χ1v) is 15.7. The molecule has 1 saturated heterocycles. The second kappa shape index (κ2) is 14.9. The van der Waals surface area contributed by atoms with Gasteiger partial charge in [-0.05, 0) is 86.2 Å². The molecule has 7 heteroatoms. The molecule has 2 aromatic heterocycles. The summed E-state index contributed by atoms with van der Waals surface area (Å²) in [6.45, 7) is 7.94. The van der Waals surface area contributed by atoms with Crippen molar-refractivity contribution in [3.8, 4) is 0 Å². The minimum Gasteiger partial charge on any atom is -0.339 e. The van der Waals surface area contributed by atoms with Crippen LogP contribution in [-0.4, -0.2) is 38.4 Å². The lowest BCUT2D eigenvalue weighted by Gasteiger charge is -2.32. The summed E-state index contributed by atoms with van der Waals surface area (Å²) < 4.78 is 28.4. The first-order chi connectivity index (χ1) is 21.9. The molecule has 1 fully saturated rings. The molecule has 3 aromatic carbocycles. The maximum Gasteiger partial charge on any atom is 0.254 e. The predicted molar refractivity (Wildman–Crippen MR) is 177 cm³/mol. The number of likely N-dealkylation sites (tertiary alicyclic amines) is 1. The number of aryl methyl sites for hydroxylation is 2. The van der Waals surface area contributed by atoms with Gasteiger partial charge in [0.05, 0.1) is 16.6 Å². The number of rotatable bonds is 7. The summed E-state index contributed by atoms with van der Waals surface area (Å²) in [5.74, 6) is 0.926. The Bertz CT molecular complexity index is 1790. The summed E-state index contributed by atoms with van der Waals surface area (Å²) in [6.07, 6.45) is 9.27. The lowest BCUT2D eigenvalue weighted by molar-refractivity contribution is 0.0710. The molecular formula is C38H40F2N4O. The molecule has 5 nitrogen and oxygen atoms in total. The minimum absolute atomic E-state index is 0.0583. The molecule has 0 spiro atoms. The van der Waals surface area contributed by atoms with E-state index in [-0.39, 0.29) is 23.5 Å². The highest BCUT2D eigenvalue weighted by Crippen LogP contribution is 2.32. The van der Waals surface area contributed by atoms with E-state index in [4.69, 9.17) is 4.98 Å². The van der Waals surface area contributed by atoms with E-state index in [1.54, 1.807) is 30.5 Å². The molecule has 0 unspecified atom stereocenters. The van der Waals surface area contributed by atoms with Gasteiger partial charge >= 0.3 is 0 Å². The fourth-order valence-electron chi connectivity index (χ4n) is 5.87. The molecule has 0 radical (unpaired) electrons. The highest BCUT2D eigenvalue weighted by atomic mass is 19.1. The third-order valence-electron chi connectivity index (χ3n) is 8.30. The first kappa shape index (κ1) is 31.8. The summed E-state index contributed by atoms with van der Waals surface area (Å²) in [5.41, 5.74) is 6.44. The number of halogens is 2. The SMILES string of the molecule is CC/C=C\c1c(C(=O)N2CCC(c3nc4ccccc4n3Cc3cccc(F)c3)CC2)ccnc1C.CCc1cccc(F)c1. The molecule has 3 heterocycles. The third-order valence-corrected chi connectivity index (χ3v) is 8.30. The molecular weight excluding hydrogens is 566 g/mol. The number of amides is 1. The summed E-state index contributed by atoms with van der Waals surface area (Å²) in [5, 5.41) is 0. The number of carbonyl (C=O) groups excluding carboxylic acids is 1. The summed E-state index contributed by atoms with van der Waals surface area (Å²) >= 11 is 0. The van der Waals surface area contributed by atoms with Crippen LogP contribution < -0.4 is 0 Å². The second-order valence-electron chi connectivity index (χ2n) is 11.4. The molecule has 232 valence electrons. The van der Waals surface area contributed by atoms with E-state index < -0.39 is 0 Å². The average Bonchev–Trinajstić information content (AvgIpc) is 3.42. The number of benzene rings is 3. The minimum atomic E-state index is -0.232. The molecule has 0 aliphatic carbocycles. The summed E-state index contributed by atoms with van der Waals surface area (Å²) in [6, 6.07) is 23.3. The van der Waals surface area contributed by atoms with Crippen LogP contribution in [0.3, 0.4) is 0 Å². The van der Waals surface area contributed by atoms with Gasteiger partial charge in [-0.3, -0.25) is 9.78 Å². The van der Waals surface area contributed by atoms with Gasteiger partial charge in [-0.2, -0.15) is 0 Å². The van der Waals surface area contributed by atoms with Crippen LogP contribution in [0.2, 0.25) is 0 Å². The van der Waals surface area contributed by atoms with Crippen LogP contribution in [0.25, 0.3) is 17.1 Å². The standard InChI is InChI=1S/C30H31FN4O.C8H9F/c1-3-4-10-25-21(2)32-16-13-26(25)30(36)34-17-14-23(15-18-34)29-33-27-11-5-6-12-28(27)35(29)20-22-8-7-9-24(31)19-22;1-2-7-4-3-5-8(9)6-7/h4-13,16,19,23H,3,14-15,17-18,20H2,1-2H3;3-6H,2H2,1H3/b10-4-;. The third kappa shape index (κ3) is 7.72. The number of nitrogens with zero attached hydrogens (tertiary/aromatic N) is 4. The van der Waals surface area contributed by atoms with Crippen molar-refractivity contribution in [2.24, 2.45) is 0 Å². The first-order valence-electron chi connectivity index (χ1n) is 15.7. The number of pyridine rings is 1. The van der Waals surface area contributed by atoms with Crippen molar-refractivity contribution in [2.45, 2.75) is 58.9 Å². The Hall–Kier alpha value is -4.65. The smallest absolute Gasteiger partial charge is 0.254 e. The van der Waals surface area contributed by atoms with Crippen molar-refractivity contribution in [1.82, 2.24) is 19.4 Å². The fraction of sp³-hybridized carbons (Fsp3) is 0.289. The van der Waals surface area contributed by atoms with Crippen molar-refractivity contribution >= 4 is 23.0 Å². The van der Waals surface area contributed by atoms with Crippen molar-refractivity contribution in [1.29, 1.82) is 0 Å². The van der Waals surface area contributed by atoms with Gasteiger partial charge in [0.25, 0.3) is 5.91 Å². The Kier molecular flexibility index (Phi) is 10.5. The zero-order valence-corrected chi connectivity index (χ0v) is 26.2. The molecule has 1 aliphatic heterocycles. The van der Waals surface area contributed by atoms with Crippen molar-refractivity contribution in [3.63, 3.8) is 0 Å². The van der Waals surface area contributed by atoms with E-state index >= 15 is 0 Å². The zero-order valence-electron chi connectivity index (χ0n) is 26.2. The van der Waals surface area contributed by atoms with Gasteiger partial charge in [-0.25, -0.2) is 13.8 Å². The van der Waals surface area contributed by atoms with Crippen LogP contribution in [0.4, 0.5) is 8.78 Å². The number of imidazole rings is 1. The van der Waals surface area contributed by atoms with Gasteiger partial charge in [0, 0.05) is 43.0 Å². The van der Waals surface area contributed by atoms with Crippen LogP contribution in [0, 0.1) is 18.6 Å². The number of allylic oxidation sites excluding steroid dienone is 1. The molecule has 0 atom stereocenters. The Balaban J connectivity index is 0.000000383. The zero-order chi connectivity index (χ0) is 31.8. The monoisotopic (exact) mass is 606 g/mol. The van der Waals surface area contributed by atoms with Gasteiger partial charge in [-0.1, -0.05) is 62.4 Å². The maximum atomic E-state index is 13.9. The molecule has 6 rings (SSSR count). The Morgan fingerprint density at radius 1 is 0.911 bits per heavy atom. The van der Waals surface area contributed by atoms with E-state index in [1.807, 2.05) is 61.2 Å². The Labute approximate surface area is 264 Å². The number of hydrogen-bond donors (Lipinski definition) is 0. The van der Waals surface area contributed by atoms with Crippen molar-refractivity contribution in [2.75, 3.05) is 13.1 Å². The number of carbonyl (C=O) groups is 1. The van der Waals surface area contributed by atoms with Crippen LogP contribution in [0.5, 0.6) is 0 Å². The van der Waals surface area contributed by atoms with Crippen molar-refractivity contribution in [3.05, 3.63) is 137 Å². The van der Waals surface area contributed by atoms with Gasteiger partial charge in [0.15, 0.2) is 0 Å². The second-order valence-corrected chi connectivity index (χ2v) is 11.4. The van der Waals surface area contributed by atoms with E-state index in [2.05, 4.69) is 28.6 Å². The maximum absolute atomic E-state index is 13.9. The fourth-order valence-corrected chi connectivity index (χ4v) is 5.87. The molecule has 45 heavy (non-hydrogen) atoms. The number of fused-ring (bicyclic) bond motifs is 1. The highest BCUT2D eigenvalue weighted by Gasteiger charge is 2.29.